The van der Waals surface area contributed by atoms with Gasteiger partial charge in [0.15, 0.2) is 0 Å². The van der Waals surface area contributed by atoms with E-state index in [1.165, 1.54) is 20.0 Å². The van der Waals surface area contributed by atoms with Crippen molar-refractivity contribution in [2.24, 2.45) is 12.0 Å². The Bertz CT molecular complexity index is 1200. The molecule has 1 unspecified atom stereocenters. The molecular formula is C22H17IN4OSn. The zero-order valence-corrected chi connectivity index (χ0v) is 20.8. The van der Waals surface area contributed by atoms with Crippen LogP contribution in [0.25, 0.3) is 0 Å². The second-order valence-electron chi connectivity index (χ2n) is 7.78. The van der Waals surface area contributed by atoms with Crippen LogP contribution < -0.4 is 8.48 Å². The molecule has 1 saturated carbocycles. The fourth-order valence-electron chi connectivity index (χ4n) is 4.40. The van der Waals surface area contributed by atoms with Crippen molar-refractivity contribution in [2.75, 3.05) is 4.90 Å². The van der Waals surface area contributed by atoms with Gasteiger partial charge in [-0.1, -0.05) is 0 Å². The van der Waals surface area contributed by atoms with E-state index in [1.54, 1.807) is 4.68 Å². The van der Waals surface area contributed by atoms with E-state index in [-0.39, 0.29) is 11.9 Å². The van der Waals surface area contributed by atoms with Gasteiger partial charge in [0.05, 0.1) is 0 Å². The average molecular weight is 599 g/mol. The first kappa shape index (κ1) is 18.1. The maximum absolute atomic E-state index is 13.7. The number of halogens is 1. The SMILES string of the molecule is Cn1nc(C2CC2)c2c1C(=O)N(c1ccc3[c](c1)[Sn][CH]=N3)C2c1ccc(I)cc1. The standard InChI is InChI=1S/C22H17IN4O.Sn/c1-24-16-9-11-17(12-10-16)27-20(14-5-7-15(23)8-6-14)18-19(13-3-4-13)25-26(2)21(18)22(27)28;/h1,5-9,11-13,20H,3-4H2,2H3;. The zero-order valence-electron chi connectivity index (χ0n) is 15.8. The van der Waals surface area contributed by atoms with Gasteiger partial charge in [-0.15, -0.1) is 0 Å². The number of carbonyl (C=O) groups is 1. The molecule has 0 N–H and O–H groups in total. The molecule has 0 bridgehead atoms. The number of fused-ring (bicyclic) bond motifs is 2. The number of hydrogen-bond donors (Lipinski definition) is 0. The Kier molecular flexibility index (Phi) is 4.16. The summed E-state index contributed by atoms with van der Waals surface area (Å²) in [5, 5.41) is 4.78. The van der Waals surface area contributed by atoms with Crippen LogP contribution in [-0.4, -0.2) is 41.1 Å². The number of hydrogen-bond acceptors (Lipinski definition) is 3. The number of aryl methyl sites for hydroxylation is 1. The van der Waals surface area contributed by atoms with Gasteiger partial charge in [0.1, 0.15) is 0 Å². The fourth-order valence-corrected chi connectivity index (χ4v) is 7.25. The quantitative estimate of drug-likeness (QED) is 0.342. The summed E-state index contributed by atoms with van der Waals surface area (Å²) < 4.78 is 6.44. The van der Waals surface area contributed by atoms with Crippen LogP contribution >= 0.6 is 22.6 Å². The van der Waals surface area contributed by atoms with Crippen LogP contribution in [0, 0.1) is 3.57 Å². The van der Waals surface area contributed by atoms with Crippen molar-refractivity contribution >= 4 is 68.8 Å². The molecule has 0 spiro atoms. The summed E-state index contributed by atoms with van der Waals surface area (Å²) in [7, 11) is 1.90. The van der Waals surface area contributed by atoms with Crippen LogP contribution in [0.2, 0.25) is 0 Å². The van der Waals surface area contributed by atoms with E-state index in [2.05, 4.69) is 74.3 Å². The van der Waals surface area contributed by atoms with E-state index < -0.39 is 21.1 Å². The zero-order chi connectivity index (χ0) is 19.7. The Hall–Kier alpha value is -1.68. The van der Waals surface area contributed by atoms with Crippen LogP contribution in [0.15, 0.2) is 47.5 Å². The van der Waals surface area contributed by atoms with Gasteiger partial charge in [-0.05, 0) is 0 Å². The predicted molar refractivity (Wildman–Crippen MR) is 123 cm³/mol. The average Bonchev–Trinajstić information content (AvgIpc) is 3.23. The third-order valence-corrected chi connectivity index (χ3v) is 9.38. The Morgan fingerprint density at radius 2 is 1.93 bits per heavy atom. The Labute approximate surface area is 192 Å². The Morgan fingerprint density at radius 3 is 2.69 bits per heavy atom. The van der Waals surface area contributed by atoms with Gasteiger partial charge in [0.25, 0.3) is 0 Å². The second kappa shape index (κ2) is 6.66. The number of carbonyl (C=O) groups excluding carboxylic acids is 1. The second-order valence-corrected chi connectivity index (χ2v) is 12.1. The molecule has 0 saturated heterocycles. The molecular weight excluding hydrogens is 582 g/mol. The third-order valence-electron chi connectivity index (χ3n) is 5.90. The van der Waals surface area contributed by atoms with E-state index in [0.717, 1.165) is 33.9 Å². The molecule has 6 rings (SSSR count). The van der Waals surface area contributed by atoms with Gasteiger partial charge in [-0.2, -0.15) is 0 Å². The van der Waals surface area contributed by atoms with E-state index in [4.69, 9.17) is 5.10 Å². The van der Waals surface area contributed by atoms with Gasteiger partial charge in [0, 0.05) is 0 Å². The molecule has 3 aliphatic rings. The topological polar surface area (TPSA) is 50.5 Å². The summed E-state index contributed by atoms with van der Waals surface area (Å²) in [6, 6.07) is 14.7. The van der Waals surface area contributed by atoms with Crippen LogP contribution in [0.1, 0.15) is 52.1 Å². The first-order valence-electron chi connectivity index (χ1n) is 9.71. The summed E-state index contributed by atoms with van der Waals surface area (Å²) in [5.41, 5.74) is 6.16. The molecule has 29 heavy (non-hydrogen) atoms. The minimum atomic E-state index is -0.769. The molecule has 1 aliphatic carbocycles. The fraction of sp³-hybridized carbons (Fsp3) is 0.227. The molecule has 5 nitrogen and oxygen atoms in total. The molecule has 2 radical (unpaired) electrons. The number of nitrogens with zero attached hydrogens (tertiary/aromatic N) is 4. The van der Waals surface area contributed by atoms with Crippen LogP contribution in [-0.2, 0) is 7.05 Å². The van der Waals surface area contributed by atoms with Crippen molar-refractivity contribution in [1.29, 1.82) is 0 Å². The number of aromatic nitrogens is 2. The van der Waals surface area contributed by atoms with Gasteiger partial charge < -0.3 is 0 Å². The molecule has 2 aliphatic heterocycles. The summed E-state index contributed by atoms with van der Waals surface area (Å²) in [6.07, 6.45) is 2.33. The number of aliphatic imine (C=N–C) groups is 1. The number of amides is 1. The van der Waals surface area contributed by atoms with Crippen LogP contribution in [0.4, 0.5) is 11.4 Å². The van der Waals surface area contributed by atoms with Crippen molar-refractivity contribution in [3.8, 4) is 0 Å². The van der Waals surface area contributed by atoms with Gasteiger partial charge in [0.2, 0.25) is 0 Å². The maximum atomic E-state index is 13.7. The number of benzene rings is 2. The first-order chi connectivity index (χ1) is 14.1. The molecule has 142 valence electrons. The molecule has 2 aromatic carbocycles. The third kappa shape index (κ3) is 2.82. The van der Waals surface area contributed by atoms with Crippen LogP contribution in [0.3, 0.4) is 0 Å². The van der Waals surface area contributed by atoms with E-state index >= 15 is 0 Å². The Morgan fingerprint density at radius 1 is 1.14 bits per heavy atom. The van der Waals surface area contributed by atoms with Crippen molar-refractivity contribution in [2.45, 2.75) is 24.8 Å². The van der Waals surface area contributed by atoms with Gasteiger partial charge in [-0.3, -0.25) is 0 Å². The van der Waals surface area contributed by atoms with E-state index in [9.17, 15) is 4.79 Å². The molecule has 1 aromatic heterocycles. The molecule has 3 aromatic rings. The molecule has 1 fully saturated rings. The van der Waals surface area contributed by atoms with Crippen molar-refractivity contribution in [1.82, 2.24) is 9.78 Å². The summed E-state index contributed by atoms with van der Waals surface area (Å²) in [5.74, 6) is 0.543. The molecule has 1 amide bonds. The molecule has 1 atom stereocenters. The van der Waals surface area contributed by atoms with Gasteiger partial charge in [-0.25, -0.2) is 0 Å². The monoisotopic (exact) mass is 600 g/mol. The molecule has 3 heterocycles. The minimum absolute atomic E-state index is 0.0507. The van der Waals surface area contributed by atoms with E-state index in [1.807, 2.05) is 11.9 Å². The summed E-state index contributed by atoms with van der Waals surface area (Å²) in [6.45, 7) is 0. The number of anilines is 1. The number of rotatable bonds is 3. The van der Waals surface area contributed by atoms with Crippen molar-refractivity contribution < 1.29 is 4.79 Å². The normalized spacial score (nSPS) is 19.7. The van der Waals surface area contributed by atoms with E-state index in [0.29, 0.717) is 5.92 Å². The van der Waals surface area contributed by atoms with Crippen molar-refractivity contribution in [3.63, 3.8) is 0 Å². The molecule has 7 heteroatoms. The first-order valence-corrected chi connectivity index (χ1v) is 13.9. The van der Waals surface area contributed by atoms with Gasteiger partial charge >= 0.3 is 194 Å². The summed E-state index contributed by atoms with van der Waals surface area (Å²) >= 11 is 1.56. The predicted octanol–water partition coefficient (Wildman–Crippen LogP) is 3.65. The van der Waals surface area contributed by atoms with Crippen LogP contribution in [0.5, 0.6) is 0 Å². The van der Waals surface area contributed by atoms with Crippen molar-refractivity contribution in [3.05, 3.63) is 68.5 Å². The Balaban J connectivity index is 1.55. The summed E-state index contributed by atoms with van der Waals surface area (Å²) in [4.78, 5) is 20.2.